The molecule has 1 amide bonds. The Kier molecular flexibility index (Phi) is 4.11. The predicted molar refractivity (Wildman–Crippen MR) is 73.0 cm³/mol. The van der Waals surface area contributed by atoms with Gasteiger partial charge in [0, 0.05) is 23.5 Å². The van der Waals surface area contributed by atoms with Gasteiger partial charge in [0.1, 0.15) is 5.82 Å². The van der Waals surface area contributed by atoms with Gasteiger partial charge in [0.25, 0.3) is 5.91 Å². The van der Waals surface area contributed by atoms with E-state index in [1.54, 1.807) is 6.07 Å². The first kappa shape index (κ1) is 13.8. The van der Waals surface area contributed by atoms with Gasteiger partial charge in [-0.05, 0) is 24.3 Å². The number of hydrogen-bond acceptors (Lipinski definition) is 5. The van der Waals surface area contributed by atoms with Gasteiger partial charge in [-0.3, -0.25) is 4.79 Å². The monoisotopic (exact) mass is 276 g/mol. The van der Waals surface area contributed by atoms with Crippen molar-refractivity contribution in [3.05, 3.63) is 47.9 Å². The topological polar surface area (TPSA) is 89.3 Å². The minimum Gasteiger partial charge on any atom is -0.494 e. The van der Waals surface area contributed by atoms with Crippen LogP contribution in [0.15, 0.2) is 36.5 Å². The highest BCUT2D eigenvalue weighted by molar-refractivity contribution is 6.04. The molecule has 2 aromatic rings. The molecule has 4 N–H and O–H groups in total. The van der Waals surface area contributed by atoms with Crippen molar-refractivity contribution in [3.8, 4) is 5.75 Å². The lowest BCUT2D eigenvalue weighted by atomic mass is 10.2. The second-order valence-corrected chi connectivity index (χ2v) is 3.88. The molecule has 0 aliphatic heterocycles. The van der Waals surface area contributed by atoms with E-state index in [1.165, 1.54) is 37.6 Å². The van der Waals surface area contributed by atoms with E-state index in [9.17, 15) is 9.18 Å². The Morgan fingerprint density at radius 2 is 2.15 bits per heavy atom. The van der Waals surface area contributed by atoms with Crippen LogP contribution in [0.3, 0.4) is 0 Å². The number of nitrogens with one attached hydrogen (secondary N) is 2. The molecule has 0 fully saturated rings. The summed E-state index contributed by atoms with van der Waals surface area (Å²) >= 11 is 0. The Labute approximate surface area is 114 Å². The molecule has 20 heavy (non-hydrogen) atoms. The first-order chi connectivity index (χ1) is 9.63. The molecule has 0 bridgehead atoms. The number of hydrogen-bond donors (Lipinski definition) is 3. The molecule has 0 unspecified atom stereocenters. The average molecular weight is 276 g/mol. The molecule has 1 aromatic heterocycles. The molecule has 1 aromatic carbocycles. The van der Waals surface area contributed by atoms with Crippen molar-refractivity contribution in [1.82, 2.24) is 4.98 Å². The van der Waals surface area contributed by atoms with E-state index in [-0.39, 0.29) is 5.75 Å². The quantitative estimate of drug-likeness (QED) is 0.585. The van der Waals surface area contributed by atoms with Crippen molar-refractivity contribution in [2.24, 2.45) is 5.84 Å². The molecule has 2 rings (SSSR count). The van der Waals surface area contributed by atoms with Gasteiger partial charge in [0.15, 0.2) is 11.6 Å². The molecule has 0 spiro atoms. The SMILES string of the molecule is COc1ccc(NC(=O)c2ccnc(NN)c2)cc1F. The molecule has 1 heterocycles. The lowest BCUT2D eigenvalue weighted by Crippen LogP contribution is -2.14. The highest BCUT2D eigenvalue weighted by atomic mass is 19.1. The van der Waals surface area contributed by atoms with E-state index in [0.717, 1.165) is 0 Å². The van der Waals surface area contributed by atoms with E-state index < -0.39 is 11.7 Å². The number of rotatable bonds is 4. The van der Waals surface area contributed by atoms with Gasteiger partial charge in [0.2, 0.25) is 0 Å². The van der Waals surface area contributed by atoms with Gasteiger partial charge < -0.3 is 15.5 Å². The van der Waals surface area contributed by atoms with Crippen LogP contribution in [0.4, 0.5) is 15.9 Å². The maximum absolute atomic E-state index is 13.5. The molecule has 6 nitrogen and oxygen atoms in total. The third-order valence-electron chi connectivity index (χ3n) is 2.58. The van der Waals surface area contributed by atoms with Crippen molar-refractivity contribution in [2.75, 3.05) is 17.9 Å². The van der Waals surface area contributed by atoms with Gasteiger partial charge in [0.05, 0.1) is 7.11 Å². The fourth-order valence-corrected chi connectivity index (χ4v) is 1.60. The Morgan fingerprint density at radius 3 is 2.80 bits per heavy atom. The number of halogens is 1. The standard InChI is InChI=1S/C13H13FN4O2/c1-20-11-3-2-9(7-10(11)14)17-13(19)8-4-5-16-12(6-8)18-15/h2-7H,15H2,1H3,(H,16,18)(H,17,19). The van der Waals surface area contributed by atoms with Crippen LogP contribution >= 0.6 is 0 Å². The summed E-state index contributed by atoms with van der Waals surface area (Å²) in [6.45, 7) is 0. The van der Waals surface area contributed by atoms with Crippen LogP contribution in [-0.2, 0) is 0 Å². The van der Waals surface area contributed by atoms with Gasteiger partial charge in [-0.15, -0.1) is 0 Å². The fraction of sp³-hybridized carbons (Fsp3) is 0.0769. The van der Waals surface area contributed by atoms with Gasteiger partial charge in [-0.1, -0.05) is 0 Å². The summed E-state index contributed by atoms with van der Waals surface area (Å²) in [6.07, 6.45) is 1.44. The average Bonchev–Trinajstić information content (AvgIpc) is 2.47. The minimum absolute atomic E-state index is 0.113. The van der Waals surface area contributed by atoms with Gasteiger partial charge in [-0.25, -0.2) is 15.2 Å². The van der Waals surface area contributed by atoms with Crippen LogP contribution in [0.2, 0.25) is 0 Å². The van der Waals surface area contributed by atoms with Crippen molar-refractivity contribution < 1.29 is 13.9 Å². The maximum Gasteiger partial charge on any atom is 0.255 e. The van der Waals surface area contributed by atoms with E-state index >= 15 is 0 Å². The number of nitrogens with zero attached hydrogens (tertiary/aromatic N) is 1. The first-order valence-electron chi connectivity index (χ1n) is 5.71. The van der Waals surface area contributed by atoms with E-state index in [2.05, 4.69) is 15.7 Å². The second kappa shape index (κ2) is 5.98. The highest BCUT2D eigenvalue weighted by Crippen LogP contribution is 2.21. The highest BCUT2D eigenvalue weighted by Gasteiger charge is 2.09. The third kappa shape index (κ3) is 3.01. The number of carbonyl (C=O) groups excluding carboxylic acids is 1. The zero-order chi connectivity index (χ0) is 14.5. The number of methoxy groups -OCH3 is 1. The molecule has 0 radical (unpaired) electrons. The molecule has 0 saturated heterocycles. The second-order valence-electron chi connectivity index (χ2n) is 3.88. The number of nitrogens with two attached hydrogens (primary N) is 1. The summed E-state index contributed by atoms with van der Waals surface area (Å²) in [5.74, 6) is 4.74. The largest absolute Gasteiger partial charge is 0.494 e. The molecular weight excluding hydrogens is 263 g/mol. The molecule has 0 atom stereocenters. The summed E-state index contributed by atoms with van der Waals surface area (Å²) in [6, 6.07) is 7.17. The first-order valence-corrected chi connectivity index (χ1v) is 5.71. The van der Waals surface area contributed by atoms with Crippen molar-refractivity contribution in [1.29, 1.82) is 0 Å². The number of carbonyl (C=O) groups is 1. The normalized spacial score (nSPS) is 9.95. The number of amides is 1. The van der Waals surface area contributed by atoms with Crippen LogP contribution < -0.4 is 21.3 Å². The fourth-order valence-electron chi connectivity index (χ4n) is 1.60. The Morgan fingerprint density at radius 1 is 1.35 bits per heavy atom. The van der Waals surface area contributed by atoms with Crippen molar-refractivity contribution in [2.45, 2.75) is 0 Å². The van der Waals surface area contributed by atoms with E-state index in [4.69, 9.17) is 10.6 Å². The number of anilines is 2. The van der Waals surface area contributed by atoms with Crippen LogP contribution in [0.5, 0.6) is 5.75 Å². The molecular formula is C13H13FN4O2. The number of benzene rings is 1. The minimum atomic E-state index is -0.552. The summed E-state index contributed by atoms with van der Waals surface area (Å²) in [5, 5.41) is 2.57. The lowest BCUT2D eigenvalue weighted by molar-refractivity contribution is 0.102. The predicted octanol–water partition coefficient (Wildman–Crippen LogP) is 1.77. The van der Waals surface area contributed by atoms with Crippen LogP contribution in [0.25, 0.3) is 0 Å². The number of pyridine rings is 1. The summed E-state index contributed by atoms with van der Waals surface area (Å²) in [7, 11) is 1.37. The Hall–Kier alpha value is -2.67. The number of hydrazine groups is 1. The van der Waals surface area contributed by atoms with Gasteiger partial charge >= 0.3 is 0 Å². The van der Waals surface area contributed by atoms with E-state index in [1.807, 2.05) is 0 Å². The van der Waals surface area contributed by atoms with Crippen LogP contribution in [-0.4, -0.2) is 18.0 Å². The lowest BCUT2D eigenvalue weighted by Gasteiger charge is -2.08. The van der Waals surface area contributed by atoms with E-state index in [0.29, 0.717) is 17.1 Å². The number of aromatic nitrogens is 1. The third-order valence-corrected chi connectivity index (χ3v) is 2.58. The zero-order valence-corrected chi connectivity index (χ0v) is 10.7. The summed E-state index contributed by atoms with van der Waals surface area (Å²) in [4.78, 5) is 15.9. The number of ether oxygens (including phenoxy) is 1. The van der Waals surface area contributed by atoms with Crippen molar-refractivity contribution in [3.63, 3.8) is 0 Å². The molecule has 7 heteroatoms. The summed E-state index contributed by atoms with van der Waals surface area (Å²) in [5.41, 5.74) is 3.02. The smallest absolute Gasteiger partial charge is 0.255 e. The molecule has 104 valence electrons. The zero-order valence-electron chi connectivity index (χ0n) is 10.7. The molecule has 0 aliphatic carbocycles. The molecule has 0 aliphatic rings. The number of nitrogen functional groups attached to an aromatic ring is 1. The van der Waals surface area contributed by atoms with Crippen LogP contribution in [0, 0.1) is 5.82 Å². The summed E-state index contributed by atoms with van der Waals surface area (Å²) < 4.78 is 18.3. The maximum atomic E-state index is 13.5. The Balaban J connectivity index is 2.16. The molecule has 0 saturated carbocycles. The van der Waals surface area contributed by atoms with Gasteiger partial charge in [-0.2, -0.15) is 0 Å². The Bertz CT molecular complexity index is 634. The van der Waals surface area contributed by atoms with Crippen molar-refractivity contribution >= 4 is 17.4 Å². The van der Waals surface area contributed by atoms with Crippen LogP contribution in [0.1, 0.15) is 10.4 Å².